The minimum Gasteiger partial charge on any atom is -0.379 e. The highest BCUT2D eigenvalue weighted by Gasteiger charge is 2.15. The van der Waals surface area contributed by atoms with E-state index in [4.69, 9.17) is 15.8 Å². The van der Waals surface area contributed by atoms with E-state index < -0.39 is 10.1 Å². The monoisotopic (exact) mass is 505 g/mol. The first-order valence-corrected chi connectivity index (χ1v) is 11.8. The van der Waals surface area contributed by atoms with Crippen LogP contribution < -0.4 is 9.61 Å². The molecule has 0 aliphatic heterocycles. The van der Waals surface area contributed by atoms with Crippen LogP contribution in [0.5, 0.6) is 5.75 Å². The zero-order valence-corrected chi connectivity index (χ0v) is 19.6. The molecular formula is C22H17Cl2N3O3S2. The molecule has 0 spiro atoms. The zero-order valence-electron chi connectivity index (χ0n) is 16.4. The van der Waals surface area contributed by atoms with Gasteiger partial charge in [-0.25, -0.2) is 4.98 Å². The molecule has 3 aromatic carbocycles. The van der Waals surface area contributed by atoms with Crippen LogP contribution in [-0.4, -0.2) is 19.6 Å². The van der Waals surface area contributed by atoms with E-state index in [0.717, 1.165) is 16.8 Å². The number of benzene rings is 3. The Morgan fingerprint density at radius 2 is 1.66 bits per heavy atom. The fourth-order valence-corrected chi connectivity index (χ4v) is 4.36. The third-order valence-corrected chi connectivity index (χ3v) is 6.40. The maximum Gasteiger partial charge on any atom is 0.339 e. The van der Waals surface area contributed by atoms with Gasteiger partial charge in [-0.1, -0.05) is 41.9 Å². The predicted octanol–water partition coefficient (Wildman–Crippen LogP) is 6.10. The van der Waals surface area contributed by atoms with Crippen LogP contribution in [0, 0.1) is 0 Å². The van der Waals surface area contributed by atoms with E-state index in [-0.39, 0.29) is 23.1 Å². The van der Waals surface area contributed by atoms with Gasteiger partial charge in [0.05, 0.1) is 11.9 Å². The summed E-state index contributed by atoms with van der Waals surface area (Å²) in [6.07, 6.45) is 1.61. The maximum absolute atomic E-state index is 12.3. The van der Waals surface area contributed by atoms with Crippen molar-refractivity contribution in [2.75, 3.05) is 5.43 Å². The molecule has 1 aromatic heterocycles. The van der Waals surface area contributed by atoms with Gasteiger partial charge in [0, 0.05) is 16.0 Å². The average molecular weight is 506 g/mol. The van der Waals surface area contributed by atoms with Crippen LogP contribution in [0.4, 0.5) is 5.13 Å². The number of nitrogens with zero attached hydrogens (tertiary/aromatic N) is 2. The molecule has 0 fully saturated rings. The molecule has 10 heteroatoms. The molecule has 0 saturated heterocycles. The van der Waals surface area contributed by atoms with Gasteiger partial charge in [-0.2, -0.15) is 13.5 Å². The Morgan fingerprint density at radius 3 is 2.34 bits per heavy atom. The highest BCUT2D eigenvalue weighted by Crippen LogP contribution is 2.26. The standard InChI is InChI=1S/C22H16ClN3O3S2.ClH/c23-18-10-8-17(9-11-18)21-15-30-22(25-21)26-24-14-16-6-12-19(13-7-16)29-31(27,28)20-4-2-1-3-5-20;/h1-15H,(H,25,26);1H/b24-14+;. The molecule has 0 aliphatic carbocycles. The lowest BCUT2D eigenvalue weighted by molar-refractivity contribution is 0.486. The highest BCUT2D eigenvalue weighted by atomic mass is 35.5. The summed E-state index contributed by atoms with van der Waals surface area (Å²) in [7, 11) is -3.86. The van der Waals surface area contributed by atoms with E-state index in [0.29, 0.717) is 10.2 Å². The Morgan fingerprint density at radius 1 is 0.969 bits per heavy atom. The summed E-state index contributed by atoms with van der Waals surface area (Å²) in [5.41, 5.74) is 5.47. The van der Waals surface area contributed by atoms with Crippen LogP contribution in [-0.2, 0) is 10.1 Å². The van der Waals surface area contributed by atoms with Crippen molar-refractivity contribution in [1.82, 2.24) is 4.98 Å². The zero-order chi connectivity index (χ0) is 21.7. The number of hydrogen-bond donors (Lipinski definition) is 1. The largest absolute Gasteiger partial charge is 0.379 e. The molecule has 4 aromatic rings. The van der Waals surface area contributed by atoms with Gasteiger partial charge in [-0.05, 0) is 54.1 Å². The lowest BCUT2D eigenvalue weighted by Gasteiger charge is -2.06. The maximum atomic E-state index is 12.3. The minimum atomic E-state index is -3.86. The molecule has 1 N–H and O–H groups in total. The third kappa shape index (κ3) is 6.08. The molecule has 0 amide bonds. The van der Waals surface area contributed by atoms with Gasteiger partial charge in [-0.15, -0.1) is 23.7 Å². The van der Waals surface area contributed by atoms with Crippen LogP contribution in [0.15, 0.2) is 94.2 Å². The predicted molar refractivity (Wildman–Crippen MR) is 132 cm³/mol. The first kappa shape index (κ1) is 23.7. The Labute approximate surface area is 201 Å². The van der Waals surface area contributed by atoms with E-state index in [1.54, 1.807) is 48.7 Å². The van der Waals surface area contributed by atoms with Crippen molar-refractivity contribution in [1.29, 1.82) is 0 Å². The Balaban J connectivity index is 0.00000289. The van der Waals surface area contributed by atoms with Crippen LogP contribution in [0.2, 0.25) is 5.02 Å². The summed E-state index contributed by atoms with van der Waals surface area (Å²) in [5.74, 6) is 0.224. The molecular weight excluding hydrogens is 489 g/mol. The van der Waals surface area contributed by atoms with Gasteiger partial charge in [0.2, 0.25) is 5.13 Å². The molecule has 32 heavy (non-hydrogen) atoms. The number of hydrazone groups is 1. The molecule has 0 atom stereocenters. The second-order valence-electron chi connectivity index (χ2n) is 6.33. The number of anilines is 1. The topological polar surface area (TPSA) is 80.7 Å². The Bertz CT molecular complexity index is 1290. The quantitative estimate of drug-likeness (QED) is 0.186. The van der Waals surface area contributed by atoms with E-state index in [1.807, 2.05) is 29.6 Å². The normalized spacial score (nSPS) is 11.2. The summed E-state index contributed by atoms with van der Waals surface area (Å²) in [6.45, 7) is 0. The van der Waals surface area contributed by atoms with Crippen molar-refractivity contribution >= 4 is 56.8 Å². The lowest BCUT2D eigenvalue weighted by atomic mass is 10.2. The van der Waals surface area contributed by atoms with E-state index >= 15 is 0 Å². The third-order valence-electron chi connectivity index (χ3n) is 4.14. The molecule has 0 saturated carbocycles. The first-order chi connectivity index (χ1) is 15.0. The summed E-state index contributed by atoms with van der Waals surface area (Å²) in [6, 6.07) is 22.0. The van der Waals surface area contributed by atoms with Crippen LogP contribution in [0.25, 0.3) is 11.3 Å². The van der Waals surface area contributed by atoms with E-state index in [2.05, 4.69) is 15.5 Å². The van der Waals surface area contributed by atoms with E-state index in [1.165, 1.54) is 23.5 Å². The molecule has 0 bridgehead atoms. The van der Waals surface area contributed by atoms with Gasteiger partial charge in [0.1, 0.15) is 10.6 Å². The van der Waals surface area contributed by atoms with Crippen molar-refractivity contribution < 1.29 is 12.6 Å². The van der Waals surface area contributed by atoms with Gasteiger partial charge >= 0.3 is 10.1 Å². The van der Waals surface area contributed by atoms with Gasteiger partial charge in [0.25, 0.3) is 0 Å². The first-order valence-electron chi connectivity index (χ1n) is 9.10. The van der Waals surface area contributed by atoms with Gasteiger partial charge < -0.3 is 4.18 Å². The molecule has 1 heterocycles. The van der Waals surface area contributed by atoms with Gasteiger partial charge in [0.15, 0.2) is 0 Å². The van der Waals surface area contributed by atoms with Crippen molar-refractivity contribution in [3.8, 4) is 17.0 Å². The van der Waals surface area contributed by atoms with Crippen LogP contribution in [0.3, 0.4) is 0 Å². The molecule has 6 nitrogen and oxygen atoms in total. The van der Waals surface area contributed by atoms with E-state index in [9.17, 15) is 8.42 Å². The molecule has 0 aliphatic rings. The molecule has 0 unspecified atom stereocenters. The Kier molecular flexibility index (Phi) is 7.87. The number of aromatic nitrogens is 1. The summed E-state index contributed by atoms with van der Waals surface area (Å²) in [5, 5.41) is 7.43. The van der Waals surface area contributed by atoms with Crippen molar-refractivity contribution in [3.63, 3.8) is 0 Å². The highest BCUT2D eigenvalue weighted by molar-refractivity contribution is 7.87. The fraction of sp³-hybridized carbons (Fsp3) is 0. The minimum absolute atomic E-state index is 0. The number of thiazole rings is 1. The number of nitrogens with one attached hydrogen (secondary N) is 1. The van der Waals surface area contributed by atoms with Crippen LogP contribution in [0.1, 0.15) is 5.56 Å². The van der Waals surface area contributed by atoms with Crippen molar-refractivity contribution in [2.24, 2.45) is 5.10 Å². The van der Waals surface area contributed by atoms with Crippen LogP contribution >= 0.6 is 35.3 Å². The molecule has 164 valence electrons. The smallest absolute Gasteiger partial charge is 0.339 e. The number of halogens is 2. The Hall–Kier alpha value is -2.91. The van der Waals surface area contributed by atoms with Crippen molar-refractivity contribution in [3.05, 3.63) is 94.8 Å². The molecule has 4 rings (SSSR count). The second-order valence-corrected chi connectivity index (χ2v) is 9.18. The fourth-order valence-electron chi connectivity index (χ4n) is 2.61. The average Bonchev–Trinajstić information content (AvgIpc) is 3.25. The summed E-state index contributed by atoms with van der Waals surface area (Å²) in [4.78, 5) is 4.59. The van der Waals surface area contributed by atoms with Gasteiger partial charge in [-0.3, -0.25) is 5.43 Å². The SMILES string of the molecule is Cl.O=S(=O)(Oc1ccc(/C=N/Nc2nc(-c3ccc(Cl)cc3)cs2)cc1)c1ccccc1. The number of rotatable bonds is 7. The molecule has 0 radical (unpaired) electrons. The summed E-state index contributed by atoms with van der Waals surface area (Å²) >= 11 is 7.35. The number of hydrogen-bond acceptors (Lipinski definition) is 7. The second kappa shape index (κ2) is 10.6. The summed E-state index contributed by atoms with van der Waals surface area (Å²) < 4.78 is 29.7. The van der Waals surface area contributed by atoms with Crippen molar-refractivity contribution in [2.45, 2.75) is 4.90 Å². The lowest BCUT2D eigenvalue weighted by Crippen LogP contribution is -2.09.